The van der Waals surface area contributed by atoms with Gasteiger partial charge in [-0.05, 0) is 52.4 Å². The molecule has 3 rings (SSSR count). The molecule has 3 aliphatic rings. The summed E-state index contributed by atoms with van der Waals surface area (Å²) < 4.78 is -0.958. The van der Waals surface area contributed by atoms with Crippen molar-refractivity contribution in [3.63, 3.8) is 0 Å². The second kappa shape index (κ2) is 13.7. The zero-order valence-electron chi connectivity index (χ0n) is 24.7. The van der Waals surface area contributed by atoms with Crippen LogP contribution in [-0.4, -0.2) is 91.9 Å². The third kappa shape index (κ3) is 5.97. The highest BCUT2D eigenvalue weighted by Crippen LogP contribution is 2.71. The topological polar surface area (TPSA) is 81.2 Å². The van der Waals surface area contributed by atoms with Crippen LogP contribution in [0.3, 0.4) is 0 Å². The first-order valence-electron chi connectivity index (χ1n) is 15.1. The quantitative estimate of drug-likeness (QED) is 0.207. The summed E-state index contributed by atoms with van der Waals surface area (Å²) in [4.78, 5) is 48.6. The van der Waals surface area contributed by atoms with Gasteiger partial charge in [0, 0.05) is 43.6 Å². The summed E-state index contributed by atoms with van der Waals surface area (Å²) in [5.41, 5.74) is 0. The first-order valence-corrected chi connectivity index (χ1v) is 15.9. The van der Waals surface area contributed by atoms with Crippen LogP contribution in [0.4, 0.5) is 0 Å². The zero-order valence-corrected chi connectivity index (χ0v) is 25.5. The van der Waals surface area contributed by atoms with E-state index < -0.39 is 22.6 Å². The van der Waals surface area contributed by atoms with E-state index in [2.05, 4.69) is 40.9 Å². The predicted molar refractivity (Wildman–Crippen MR) is 159 cm³/mol. The number of likely N-dealkylation sites (tertiary alicyclic amines) is 1. The zero-order chi connectivity index (χ0) is 28.8. The van der Waals surface area contributed by atoms with Gasteiger partial charge in [-0.2, -0.15) is 0 Å². The van der Waals surface area contributed by atoms with Gasteiger partial charge in [0.15, 0.2) is 0 Å². The maximum absolute atomic E-state index is 14.5. The number of rotatable bonds is 17. The maximum Gasteiger partial charge on any atom is 0.247 e. The van der Waals surface area contributed by atoms with Gasteiger partial charge in [0.1, 0.15) is 6.04 Å². The average molecular weight is 562 g/mol. The van der Waals surface area contributed by atoms with Crippen LogP contribution in [0.15, 0.2) is 25.3 Å². The van der Waals surface area contributed by atoms with Crippen molar-refractivity contribution in [1.82, 2.24) is 14.7 Å². The molecule has 7 nitrogen and oxygen atoms in total. The predicted octanol–water partition coefficient (Wildman–Crippen LogP) is 4.65. The summed E-state index contributed by atoms with van der Waals surface area (Å²) in [6.45, 7) is 18.4. The maximum atomic E-state index is 14.5. The Morgan fingerprint density at radius 3 is 2.41 bits per heavy atom. The van der Waals surface area contributed by atoms with E-state index >= 15 is 0 Å². The Bertz CT molecular complexity index is 912. The van der Waals surface area contributed by atoms with Crippen molar-refractivity contribution in [3.05, 3.63) is 25.3 Å². The first-order chi connectivity index (χ1) is 18.7. The summed E-state index contributed by atoms with van der Waals surface area (Å²) in [6, 6.07) is -0.530. The molecule has 3 amide bonds. The molecule has 3 aliphatic heterocycles. The summed E-state index contributed by atoms with van der Waals surface area (Å²) in [7, 11) is 0. The standard InChI is InChI=1S/C31H51N3O4S/c1-7-15-23(5)33(20-10-4)29(38)26-31-17-16-30(6,39-31)24(27(36)32(18-8-2)19-9-3)25(31)28(37)34(26)21-13-11-12-14-22-35/h8,10,23-26,35H,2,4,7,9,11-22H2,1,3,5-6H3/t23?,24-,25-,26?,30+,31?/m0/s1. The summed E-state index contributed by atoms with van der Waals surface area (Å²) in [5, 5.41) is 9.18. The molecule has 0 aromatic rings. The van der Waals surface area contributed by atoms with Crippen LogP contribution >= 0.6 is 11.8 Å². The molecule has 6 atom stereocenters. The van der Waals surface area contributed by atoms with E-state index in [1.54, 1.807) is 23.9 Å². The molecule has 0 aromatic heterocycles. The number of fused-ring (bicyclic) bond motifs is 1. The van der Waals surface area contributed by atoms with Crippen molar-refractivity contribution in [1.29, 1.82) is 0 Å². The van der Waals surface area contributed by atoms with Crippen LogP contribution < -0.4 is 0 Å². The number of carbonyl (C=O) groups excluding carboxylic acids is 3. The Kier molecular flexibility index (Phi) is 11.2. The molecule has 0 radical (unpaired) electrons. The number of nitrogens with zero attached hydrogens (tertiary/aromatic N) is 3. The van der Waals surface area contributed by atoms with Crippen LogP contribution in [0.25, 0.3) is 0 Å². The van der Waals surface area contributed by atoms with Gasteiger partial charge in [0.2, 0.25) is 17.7 Å². The van der Waals surface area contributed by atoms with E-state index in [4.69, 9.17) is 0 Å². The Morgan fingerprint density at radius 2 is 1.79 bits per heavy atom. The summed E-state index contributed by atoms with van der Waals surface area (Å²) in [6.07, 6.45) is 11.1. The number of aliphatic hydroxyl groups excluding tert-OH is 1. The van der Waals surface area contributed by atoms with Gasteiger partial charge in [-0.1, -0.05) is 45.3 Å². The molecule has 0 aliphatic carbocycles. The van der Waals surface area contributed by atoms with E-state index in [-0.39, 0.29) is 35.1 Å². The average Bonchev–Trinajstić information content (AvgIpc) is 3.47. The van der Waals surface area contributed by atoms with Crippen LogP contribution in [0.2, 0.25) is 0 Å². The fraction of sp³-hybridized carbons (Fsp3) is 0.774. The lowest BCUT2D eigenvalue weighted by molar-refractivity contribution is -0.146. The lowest BCUT2D eigenvalue weighted by Crippen LogP contribution is -2.56. The van der Waals surface area contributed by atoms with E-state index in [9.17, 15) is 19.5 Å². The number of aliphatic hydroxyl groups is 1. The van der Waals surface area contributed by atoms with Crippen molar-refractivity contribution in [2.45, 2.75) is 107 Å². The molecular formula is C31H51N3O4S. The van der Waals surface area contributed by atoms with Gasteiger partial charge in [0.25, 0.3) is 0 Å². The molecule has 8 heteroatoms. The Balaban J connectivity index is 2.03. The smallest absolute Gasteiger partial charge is 0.247 e. The van der Waals surface area contributed by atoms with E-state index in [0.29, 0.717) is 26.2 Å². The van der Waals surface area contributed by atoms with Crippen LogP contribution in [0.5, 0.6) is 0 Å². The monoisotopic (exact) mass is 561 g/mol. The minimum Gasteiger partial charge on any atom is -0.396 e. The van der Waals surface area contributed by atoms with Crippen molar-refractivity contribution in [3.8, 4) is 0 Å². The number of unbranched alkanes of at least 4 members (excludes halogenated alkanes) is 3. The van der Waals surface area contributed by atoms with E-state index in [1.807, 2.05) is 14.7 Å². The Morgan fingerprint density at radius 1 is 1.10 bits per heavy atom. The van der Waals surface area contributed by atoms with Gasteiger partial charge in [-0.25, -0.2) is 0 Å². The van der Waals surface area contributed by atoms with E-state index in [0.717, 1.165) is 57.8 Å². The van der Waals surface area contributed by atoms with Crippen molar-refractivity contribution < 1.29 is 19.5 Å². The molecule has 39 heavy (non-hydrogen) atoms. The normalized spacial score (nSPS) is 29.8. The third-order valence-electron chi connectivity index (χ3n) is 9.09. The Labute approximate surface area is 240 Å². The molecule has 0 saturated carbocycles. The number of amides is 3. The second-order valence-electron chi connectivity index (χ2n) is 11.9. The highest BCUT2D eigenvalue weighted by molar-refractivity contribution is 8.02. The first kappa shape index (κ1) is 31.7. The Hall–Kier alpha value is -1.80. The van der Waals surface area contributed by atoms with Gasteiger partial charge in [-0.15, -0.1) is 24.9 Å². The molecule has 3 fully saturated rings. The molecule has 2 bridgehead atoms. The van der Waals surface area contributed by atoms with Gasteiger partial charge in [-0.3, -0.25) is 14.4 Å². The molecule has 1 spiro atoms. The fourth-order valence-corrected chi connectivity index (χ4v) is 9.68. The molecule has 1 N–H and O–H groups in total. The van der Waals surface area contributed by atoms with Crippen LogP contribution in [0, 0.1) is 11.8 Å². The minimum absolute atomic E-state index is 0.00316. The summed E-state index contributed by atoms with van der Waals surface area (Å²) in [5.74, 6) is -0.919. The lowest BCUT2D eigenvalue weighted by atomic mass is 9.66. The van der Waals surface area contributed by atoms with Crippen molar-refractivity contribution in [2.24, 2.45) is 11.8 Å². The number of carbonyl (C=O) groups is 3. The number of hydrogen-bond acceptors (Lipinski definition) is 5. The van der Waals surface area contributed by atoms with Crippen LogP contribution in [-0.2, 0) is 14.4 Å². The van der Waals surface area contributed by atoms with Gasteiger partial charge < -0.3 is 19.8 Å². The largest absolute Gasteiger partial charge is 0.396 e. The molecular weight excluding hydrogens is 510 g/mol. The summed E-state index contributed by atoms with van der Waals surface area (Å²) >= 11 is 1.75. The highest BCUT2D eigenvalue weighted by atomic mass is 32.2. The third-order valence-corrected chi connectivity index (χ3v) is 11.1. The van der Waals surface area contributed by atoms with Crippen molar-refractivity contribution in [2.75, 3.05) is 32.8 Å². The van der Waals surface area contributed by atoms with Crippen LogP contribution in [0.1, 0.15) is 85.5 Å². The molecule has 3 heterocycles. The lowest BCUT2D eigenvalue weighted by Gasteiger charge is -2.39. The van der Waals surface area contributed by atoms with E-state index in [1.165, 1.54) is 0 Å². The minimum atomic E-state index is -0.592. The second-order valence-corrected chi connectivity index (χ2v) is 13.8. The number of thioether (sulfide) groups is 1. The van der Waals surface area contributed by atoms with Gasteiger partial charge >= 0.3 is 0 Å². The molecule has 0 aromatic carbocycles. The molecule has 3 unspecified atom stereocenters. The van der Waals surface area contributed by atoms with Gasteiger partial charge in [0.05, 0.1) is 16.6 Å². The fourth-order valence-electron chi connectivity index (χ4n) is 7.34. The molecule has 220 valence electrons. The SMILES string of the molecule is C=CCN(CCC)C(=O)[C@@H]1[C@H]2C(=O)N(CCCCCCO)C(C(=O)N(CC=C)C(C)CCC)C23CC[C@@]1(C)S3. The van der Waals surface area contributed by atoms with Crippen molar-refractivity contribution >= 4 is 29.5 Å². The number of hydrogen-bond donors (Lipinski definition) is 1. The highest BCUT2D eigenvalue weighted by Gasteiger charge is 2.77. The molecule has 3 saturated heterocycles.